The lowest BCUT2D eigenvalue weighted by Crippen LogP contribution is -2.49. The average molecular weight is 241 g/mol. The Morgan fingerprint density at radius 2 is 2.12 bits per heavy atom. The normalized spacial score (nSPS) is 25.7. The van der Waals surface area contributed by atoms with E-state index in [-0.39, 0.29) is 13.2 Å². The van der Waals surface area contributed by atoms with Crippen LogP contribution in [0.2, 0.25) is 0 Å². The zero-order valence-corrected chi connectivity index (χ0v) is 10.3. The van der Waals surface area contributed by atoms with Gasteiger partial charge in [-0.05, 0) is 25.2 Å². The van der Waals surface area contributed by atoms with Gasteiger partial charge in [-0.2, -0.15) is 5.26 Å². The van der Waals surface area contributed by atoms with Crippen molar-refractivity contribution in [2.24, 2.45) is 5.92 Å². The SMILES string of the molecule is N#CCN1CC(CCCO)CC(NCCO)C1. The Hall–Kier alpha value is -0.670. The van der Waals surface area contributed by atoms with Crippen molar-refractivity contribution in [3.8, 4) is 6.07 Å². The molecule has 0 radical (unpaired) electrons. The molecule has 17 heavy (non-hydrogen) atoms. The molecule has 1 heterocycles. The van der Waals surface area contributed by atoms with Crippen LogP contribution in [0.1, 0.15) is 19.3 Å². The number of likely N-dealkylation sites (tertiary alicyclic amines) is 1. The monoisotopic (exact) mass is 241 g/mol. The van der Waals surface area contributed by atoms with Crippen LogP contribution >= 0.6 is 0 Å². The van der Waals surface area contributed by atoms with Crippen molar-refractivity contribution in [1.82, 2.24) is 10.2 Å². The molecule has 1 aliphatic heterocycles. The number of rotatable bonds is 7. The minimum absolute atomic E-state index is 0.149. The molecule has 0 aromatic carbocycles. The van der Waals surface area contributed by atoms with Gasteiger partial charge in [-0.1, -0.05) is 0 Å². The van der Waals surface area contributed by atoms with Crippen molar-refractivity contribution in [2.75, 3.05) is 39.4 Å². The second-order valence-corrected chi connectivity index (χ2v) is 4.69. The van der Waals surface area contributed by atoms with Crippen LogP contribution in [0.4, 0.5) is 0 Å². The highest BCUT2D eigenvalue weighted by Gasteiger charge is 2.26. The Balaban J connectivity index is 2.41. The molecule has 98 valence electrons. The van der Waals surface area contributed by atoms with E-state index in [1.54, 1.807) is 0 Å². The molecule has 0 bridgehead atoms. The van der Waals surface area contributed by atoms with Gasteiger partial charge >= 0.3 is 0 Å². The van der Waals surface area contributed by atoms with Gasteiger partial charge in [0.1, 0.15) is 0 Å². The van der Waals surface area contributed by atoms with E-state index in [2.05, 4.69) is 16.3 Å². The summed E-state index contributed by atoms with van der Waals surface area (Å²) in [5.74, 6) is 0.542. The highest BCUT2D eigenvalue weighted by molar-refractivity contribution is 4.87. The molecule has 1 rings (SSSR count). The molecule has 3 N–H and O–H groups in total. The molecule has 1 fully saturated rings. The van der Waals surface area contributed by atoms with E-state index in [1.807, 2.05) is 0 Å². The molecule has 0 amide bonds. The summed E-state index contributed by atoms with van der Waals surface area (Å²) in [6, 6.07) is 2.54. The van der Waals surface area contributed by atoms with E-state index in [0.717, 1.165) is 32.4 Å². The van der Waals surface area contributed by atoms with Gasteiger partial charge in [0.25, 0.3) is 0 Å². The Labute approximate surface area is 103 Å². The van der Waals surface area contributed by atoms with Gasteiger partial charge in [0, 0.05) is 32.3 Å². The fraction of sp³-hybridized carbons (Fsp3) is 0.917. The largest absolute Gasteiger partial charge is 0.396 e. The third kappa shape index (κ3) is 5.46. The summed E-state index contributed by atoms with van der Waals surface area (Å²) < 4.78 is 0. The number of piperidine rings is 1. The van der Waals surface area contributed by atoms with E-state index in [0.29, 0.717) is 25.0 Å². The van der Waals surface area contributed by atoms with Crippen LogP contribution in [-0.4, -0.2) is 60.5 Å². The Morgan fingerprint density at radius 1 is 1.29 bits per heavy atom. The quantitative estimate of drug-likeness (QED) is 0.526. The summed E-state index contributed by atoms with van der Waals surface area (Å²) in [5.41, 5.74) is 0. The number of nitriles is 1. The molecular formula is C12H23N3O2. The average Bonchev–Trinajstić information content (AvgIpc) is 2.34. The second-order valence-electron chi connectivity index (χ2n) is 4.69. The first-order valence-corrected chi connectivity index (χ1v) is 6.34. The molecule has 1 saturated heterocycles. The van der Waals surface area contributed by atoms with E-state index in [4.69, 9.17) is 15.5 Å². The summed E-state index contributed by atoms with van der Waals surface area (Å²) >= 11 is 0. The van der Waals surface area contributed by atoms with Crippen molar-refractivity contribution in [1.29, 1.82) is 5.26 Å². The number of nitrogens with zero attached hydrogens (tertiary/aromatic N) is 2. The number of aliphatic hydroxyl groups is 2. The smallest absolute Gasteiger partial charge is 0.0866 e. The molecule has 5 heteroatoms. The molecule has 0 spiro atoms. The summed E-state index contributed by atoms with van der Waals surface area (Å²) in [6.45, 7) is 3.29. The van der Waals surface area contributed by atoms with Gasteiger partial charge in [-0.15, -0.1) is 0 Å². The predicted octanol–water partition coefficient (Wildman–Crippen LogP) is -0.445. The van der Waals surface area contributed by atoms with E-state index < -0.39 is 0 Å². The summed E-state index contributed by atoms with van der Waals surface area (Å²) in [5, 5.41) is 29.7. The van der Waals surface area contributed by atoms with Gasteiger partial charge in [0.05, 0.1) is 19.2 Å². The topological polar surface area (TPSA) is 79.5 Å². The molecule has 1 aliphatic rings. The molecule has 0 saturated carbocycles. The molecule has 0 aromatic rings. The highest BCUT2D eigenvalue weighted by Crippen LogP contribution is 2.21. The maximum absolute atomic E-state index is 8.86. The maximum atomic E-state index is 8.86. The lowest BCUT2D eigenvalue weighted by Gasteiger charge is -2.37. The first-order chi connectivity index (χ1) is 8.30. The van der Waals surface area contributed by atoms with Gasteiger partial charge < -0.3 is 15.5 Å². The van der Waals surface area contributed by atoms with Crippen LogP contribution < -0.4 is 5.32 Å². The zero-order chi connectivity index (χ0) is 12.5. The molecule has 2 unspecified atom stereocenters. The van der Waals surface area contributed by atoms with Crippen molar-refractivity contribution in [3.05, 3.63) is 0 Å². The summed E-state index contributed by atoms with van der Waals surface area (Å²) in [7, 11) is 0. The molecule has 0 aliphatic carbocycles. The van der Waals surface area contributed by atoms with Gasteiger partial charge in [-0.25, -0.2) is 0 Å². The molecule has 2 atom stereocenters. The van der Waals surface area contributed by atoms with Gasteiger partial charge in [0.15, 0.2) is 0 Å². The molecular weight excluding hydrogens is 218 g/mol. The predicted molar refractivity (Wildman–Crippen MR) is 65.4 cm³/mol. The molecule has 5 nitrogen and oxygen atoms in total. The maximum Gasteiger partial charge on any atom is 0.0866 e. The number of aliphatic hydroxyl groups excluding tert-OH is 2. The van der Waals surface area contributed by atoms with E-state index in [1.165, 1.54) is 0 Å². The lowest BCUT2D eigenvalue weighted by molar-refractivity contribution is 0.138. The second kappa shape index (κ2) is 8.43. The summed E-state index contributed by atoms with van der Waals surface area (Å²) in [6.07, 6.45) is 2.91. The first kappa shape index (κ1) is 14.4. The number of hydrogen-bond acceptors (Lipinski definition) is 5. The standard InChI is InChI=1S/C12H23N3O2/c13-3-5-15-9-11(2-1-6-16)8-12(10-15)14-4-7-17/h11-12,14,16-17H,1-2,4-10H2. The third-order valence-electron chi connectivity index (χ3n) is 3.22. The minimum Gasteiger partial charge on any atom is -0.396 e. The number of hydrogen-bond donors (Lipinski definition) is 3. The molecule has 0 aromatic heterocycles. The van der Waals surface area contributed by atoms with Crippen molar-refractivity contribution in [3.63, 3.8) is 0 Å². The third-order valence-corrected chi connectivity index (χ3v) is 3.22. The van der Waals surface area contributed by atoms with Gasteiger partial charge in [-0.3, -0.25) is 4.90 Å². The van der Waals surface area contributed by atoms with Crippen LogP contribution in [0.25, 0.3) is 0 Å². The lowest BCUT2D eigenvalue weighted by atomic mass is 9.90. The fourth-order valence-corrected chi connectivity index (χ4v) is 2.54. The first-order valence-electron chi connectivity index (χ1n) is 6.34. The minimum atomic E-state index is 0.149. The van der Waals surface area contributed by atoms with Gasteiger partial charge in [0.2, 0.25) is 0 Å². The van der Waals surface area contributed by atoms with E-state index in [9.17, 15) is 0 Å². The van der Waals surface area contributed by atoms with Crippen LogP contribution in [0.5, 0.6) is 0 Å². The van der Waals surface area contributed by atoms with Crippen molar-refractivity contribution in [2.45, 2.75) is 25.3 Å². The Bertz CT molecular complexity index is 226. The zero-order valence-electron chi connectivity index (χ0n) is 10.3. The van der Waals surface area contributed by atoms with Crippen molar-refractivity contribution >= 4 is 0 Å². The van der Waals surface area contributed by atoms with Crippen LogP contribution in [0, 0.1) is 17.2 Å². The Kier molecular flexibility index (Phi) is 7.13. The van der Waals surface area contributed by atoms with Crippen LogP contribution in [-0.2, 0) is 0 Å². The Morgan fingerprint density at radius 3 is 2.76 bits per heavy atom. The highest BCUT2D eigenvalue weighted by atomic mass is 16.3. The summed E-state index contributed by atoms with van der Waals surface area (Å²) in [4.78, 5) is 2.15. The van der Waals surface area contributed by atoms with E-state index >= 15 is 0 Å². The van der Waals surface area contributed by atoms with Crippen molar-refractivity contribution < 1.29 is 10.2 Å². The van der Waals surface area contributed by atoms with Crippen LogP contribution in [0.15, 0.2) is 0 Å². The van der Waals surface area contributed by atoms with Crippen LogP contribution in [0.3, 0.4) is 0 Å². The fourth-order valence-electron chi connectivity index (χ4n) is 2.54. The number of nitrogens with one attached hydrogen (secondary N) is 1.